The molecule has 1 unspecified atom stereocenters. The van der Waals surface area contributed by atoms with Crippen LogP contribution in [0.2, 0.25) is 0 Å². The van der Waals surface area contributed by atoms with Gasteiger partial charge >= 0.3 is 0 Å². The fourth-order valence-corrected chi connectivity index (χ4v) is 3.08. The van der Waals surface area contributed by atoms with E-state index in [-0.39, 0.29) is 11.9 Å². The fourth-order valence-electron chi connectivity index (χ4n) is 3.08. The number of nitrogens with zero attached hydrogens (tertiary/aromatic N) is 2. The van der Waals surface area contributed by atoms with Gasteiger partial charge < -0.3 is 10.6 Å². The van der Waals surface area contributed by atoms with Crippen LogP contribution in [0, 0.1) is 0 Å². The number of carbonyl (C=O) groups is 1. The maximum absolute atomic E-state index is 12.4. The van der Waals surface area contributed by atoms with Gasteiger partial charge in [-0.25, -0.2) is 9.97 Å². The van der Waals surface area contributed by atoms with Crippen molar-refractivity contribution in [2.24, 2.45) is 0 Å². The van der Waals surface area contributed by atoms with Crippen LogP contribution in [0.5, 0.6) is 0 Å². The first kappa shape index (κ1) is 16.4. The lowest BCUT2D eigenvalue weighted by Gasteiger charge is -2.20. The van der Waals surface area contributed by atoms with Crippen molar-refractivity contribution in [3.63, 3.8) is 0 Å². The van der Waals surface area contributed by atoms with Gasteiger partial charge in [-0.2, -0.15) is 0 Å². The van der Waals surface area contributed by atoms with Crippen molar-refractivity contribution in [2.75, 3.05) is 11.9 Å². The molecule has 1 atom stereocenters. The van der Waals surface area contributed by atoms with E-state index in [1.54, 1.807) is 12.4 Å². The van der Waals surface area contributed by atoms with Crippen molar-refractivity contribution < 1.29 is 4.79 Å². The van der Waals surface area contributed by atoms with E-state index in [4.69, 9.17) is 0 Å². The monoisotopic (exact) mass is 324 g/mol. The molecule has 126 valence electrons. The normalized spacial score (nSPS) is 14.6. The zero-order valence-corrected chi connectivity index (χ0v) is 14.3. The molecular weight excluding hydrogens is 300 g/mol. The SMILES string of the molecule is CCNc1ncc(C(=O)NC(C)c2ccc3c(c2)CCCC3)cn1. The molecular formula is C19H24N4O. The third kappa shape index (κ3) is 3.72. The average Bonchev–Trinajstić information content (AvgIpc) is 2.62. The molecule has 0 aliphatic heterocycles. The number of carbonyl (C=O) groups excluding carboxylic acids is 1. The Bertz CT molecular complexity index is 712. The Morgan fingerprint density at radius 2 is 1.88 bits per heavy atom. The molecule has 1 amide bonds. The Hall–Kier alpha value is -2.43. The Morgan fingerprint density at radius 3 is 2.58 bits per heavy atom. The summed E-state index contributed by atoms with van der Waals surface area (Å²) in [6, 6.07) is 6.53. The molecule has 2 N–H and O–H groups in total. The molecule has 1 heterocycles. The Morgan fingerprint density at radius 1 is 1.17 bits per heavy atom. The lowest BCUT2D eigenvalue weighted by atomic mass is 9.89. The van der Waals surface area contributed by atoms with E-state index in [0.717, 1.165) is 18.5 Å². The zero-order chi connectivity index (χ0) is 16.9. The minimum atomic E-state index is -0.150. The van der Waals surface area contributed by atoms with Gasteiger partial charge in [-0.05, 0) is 56.2 Å². The number of fused-ring (bicyclic) bond motifs is 1. The first-order chi connectivity index (χ1) is 11.7. The number of aromatic nitrogens is 2. The second kappa shape index (κ2) is 7.43. The number of benzene rings is 1. The predicted molar refractivity (Wildman–Crippen MR) is 95.2 cm³/mol. The topological polar surface area (TPSA) is 66.9 Å². The third-order valence-corrected chi connectivity index (χ3v) is 4.47. The van der Waals surface area contributed by atoms with Gasteiger partial charge in [-0.3, -0.25) is 4.79 Å². The molecule has 5 nitrogen and oxygen atoms in total. The number of hydrogen-bond acceptors (Lipinski definition) is 4. The van der Waals surface area contributed by atoms with Crippen molar-refractivity contribution in [3.8, 4) is 0 Å². The predicted octanol–water partition coefficient (Wildman–Crippen LogP) is 3.28. The van der Waals surface area contributed by atoms with Crippen LogP contribution in [-0.2, 0) is 12.8 Å². The Kier molecular flexibility index (Phi) is 5.08. The van der Waals surface area contributed by atoms with Crippen LogP contribution in [0.4, 0.5) is 5.95 Å². The molecule has 0 spiro atoms. The molecule has 1 aliphatic rings. The van der Waals surface area contributed by atoms with Gasteiger partial charge in [0.2, 0.25) is 5.95 Å². The second-order valence-corrected chi connectivity index (χ2v) is 6.26. The Balaban J connectivity index is 1.67. The number of nitrogens with one attached hydrogen (secondary N) is 2. The smallest absolute Gasteiger partial charge is 0.254 e. The maximum Gasteiger partial charge on any atom is 0.254 e. The highest BCUT2D eigenvalue weighted by atomic mass is 16.1. The minimum absolute atomic E-state index is 0.0434. The minimum Gasteiger partial charge on any atom is -0.355 e. The molecule has 0 fully saturated rings. The van der Waals surface area contributed by atoms with Crippen LogP contribution in [0.15, 0.2) is 30.6 Å². The lowest BCUT2D eigenvalue weighted by molar-refractivity contribution is 0.0939. The molecule has 24 heavy (non-hydrogen) atoms. The Labute approximate surface area is 142 Å². The van der Waals surface area contributed by atoms with Gasteiger partial charge in [0.1, 0.15) is 0 Å². The second-order valence-electron chi connectivity index (χ2n) is 6.26. The van der Waals surface area contributed by atoms with Crippen LogP contribution in [0.1, 0.15) is 59.8 Å². The molecule has 1 aliphatic carbocycles. The van der Waals surface area contributed by atoms with Crippen LogP contribution in [0.25, 0.3) is 0 Å². The van der Waals surface area contributed by atoms with Gasteiger partial charge in [0.25, 0.3) is 5.91 Å². The quantitative estimate of drug-likeness (QED) is 0.886. The van der Waals surface area contributed by atoms with Crippen molar-refractivity contribution in [1.29, 1.82) is 0 Å². The summed E-state index contributed by atoms with van der Waals surface area (Å²) in [5.41, 5.74) is 4.50. The summed E-state index contributed by atoms with van der Waals surface area (Å²) < 4.78 is 0. The first-order valence-corrected chi connectivity index (χ1v) is 8.66. The highest BCUT2D eigenvalue weighted by Crippen LogP contribution is 2.24. The van der Waals surface area contributed by atoms with Gasteiger partial charge in [0, 0.05) is 18.9 Å². The summed E-state index contributed by atoms with van der Waals surface area (Å²) in [7, 11) is 0. The summed E-state index contributed by atoms with van der Waals surface area (Å²) in [4.78, 5) is 20.7. The number of hydrogen-bond donors (Lipinski definition) is 2. The largest absolute Gasteiger partial charge is 0.355 e. The summed E-state index contributed by atoms with van der Waals surface area (Å²) in [6.07, 6.45) is 7.96. The van der Waals surface area contributed by atoms with Crippen molar-refractivity contribution in [3.05, 3.63) is 52.8 Å². The zero-order valence-electron chi connectivity index (χ0n) is 14.3. The molecule has 1 aromatic heterocycles. The van der Waals surface area contributed by atoms with Gasteiger partial charge in [0.15, 0.2) is 0 Å². The highest BCUT2D eigenvalue weighted by Gasteiger charge is 2.15. The average molecular weight is 324 g/mol. The number of anilines is 1. The van der Waals surface area contributed by atoms with Crippen LogP contribution >= 0.6 is 0 Å². The van der Waals surface area contributed by atoms with Crippen LogP contribution < -0.4 is 10.6 Å². The van der Waals surface area contributed by atoms with E-state index in [0.29, 0.717) is 11.5 Å². The number of aryl methyl sites for hydroxylation is 2. The highest BCUT2D eigenvalue weighted by molar-refractivity contribution is 5.93. The van der Waals surface area contributed by atoms with Crippen molar-refractivity contribution in [2.45, 2.75) is 45.6 Å². The molecule has 3 rings (SSSR count). The van der Waals surface area contributed by atoms with Crippen LogP contribution in [-0.4, -0.2) is 22.4 Å². The van der Waals surface area contributed by atoms with E-state index < -0.39 is 0 Å². The molecule has 0 saturated carbocycles. The van der Waals surface area contributed by atoms with Crippen molar-refractivity contribution in [1.82, 2.24) is 15.3 Å². The summed E-state index contributed by atoms with van der Waals surface area (Å²) in [5, 5.41) is 6.05. The van der Waals surface area contributed by atoms with Crippen LogP contribution in [0.3, 0.4) is 0 Å². The summed E-state index contributed by atoms with van der Waals surface area (Å²) in [6.45, 7) is 4.74. The number of rotatable bonds is 5. The van der Waals surface area contributed by atoms with Crippen molar-refractivity contribution >= 4 is 11.9 Å². The third-order valence-electron chi connectivity index (χ3n) is 4.47. The van der Waals surface area contributed by atoms with Gasteiger partial charge in [-0.15, -0.1) is 0 Å². The fraction of sp³-hybridized carbons (Fsp3) is 0.421. The van der Waals surface area contributed by atoms with E-state index in [9.17, 15) is 4.79 Å². The summed E-state index contributed by atoms with van der Waals surface area (Å²) >= 11 is 0. The molecule has 0 bridgehead atoms. The van der Waals surface area contributed by atoms with E-state index in [1.165, 1.54) is 30.4 Å². The molecule has 1 aromatic carbocycles. The summed E-state index contributed by atoms with van der Waals surface area (Å²) in [5.74, 6) is 0.389. The molecule has 2 aromatic rings. The van der Waals surface area contributed by atoms with Gasteiger partial charge in [0.05, 0.1) is 11.6 Å². The molecule has 5 heteroatoms. The molecule has 0 saturated heterocycles. The van der Waals surface area contributed by atoms with E-state index >= 15 is 0 Å². The van der Waals surface area contributed by atoms with E-state index in [2.05, 4.69) is 38.8 Å². The first-order valence-electron chi connectivity index (χ1n) is 8.66. The molecule has 0 radical (unpaired) electrons. The van der Waals surface area contributed by atoms with Gasteiger partial charge in [-0.1, -0.05) is 18.2 Å². The number of amides is 1. The maximum atomic E-state index is 12.4. The standard InChI is InChI=1S/C19H24N4O/c1-3-20-19-21-11-17(12-22-19)18(24)23-13(2)15-9-8-14-6-4-5-7-16(14)10-15/h8-13H,3-7H2,1-2H3,(H,23,24)(H,20,21,22). The van der Waals surface area contributed by atoms with E-state index in [1.807, 2.05) is 13.8 Å². The lowest BCUT2D eigenvalue weighted by Crippen LogP contribution is -2.27.